The van der Waals surface area contributed by atoms with Crippen molar-refractivity contribution < 1.29 is 0 Å². The molecule has 0 aromatic heterocycles. The van der Waals surface area contributed by atoms with Gasteiger partial charge in [-0.15, -0.1) is 0 Å². The maximum absolute atomic E-state index is 5.59. The summed E-state index contributed by atoms with van der Waals surface area (Å²) in [6.45, 7) is 0. The van der Waals surface area contributed by atoms with E-state index in [1.807, 2.05) is 0 Å². The molecule has 2 saturated carbocycles. The first-order valence-electron chi connectivity index (χ1n) is 3.06. The van der Waals surface area contributed by atoms with Crippen molar-refractivity contribution in [3.05, 3.63) is 0 Å². The van der Waals surface area contributed by atoms with Gasteiger partial charge in [-0.25, -0.2) is 0 Å². The summed E-state index contributed by atoms with van der Waals surface area (Å²) < 4.78 is 0. The van der Waals surface area contributed by atoms with Crippen LogP contribution in [0.1, 0.15) is 25.7 Å². The molecule has 7 heavy (non-hydrogen) atoms. The highest BCUT2D eigenvalue weighted by Crippen LogP contribution is 2.59. The molecule has 0 unspecified atom stereocenters. The third-order valence-electron chi connectivity index (χ3n) is 2.35. The number of hydrogen-bond donors (Lipinski definition) is 1. The minimum Gasteiger partial charge on any atom is -0.328 e. The first-order valence-corrected chi connectivity index (χ1v) is 3.06. The third-order valence-corrected chi connectivity index (χ3v) is 2.35. The van der Waals surface area contributed by atoms with Gasteiger partial charge >= 0.3 is 0 Å². The molecule has 2 aliphatic carbocycles. The van der Waals surface area contributed by atoms with Gasteiger partial charge in [0.1, 0.15) is 0 Å². The number of rotatable bonds is 0. The minimum atomic E-state index is 0.572. The predicted molar refractivity (Wildman–Crippen MR) is 28.9 cm³/mol. The molecule has 2 aliphatic rings. The molecule has 40 valence electrons. The lowest BCUT2D eigenvalue weighted by Crippen LogP contribution is -2.37. The molecule has 0 aliphatic heterocycles. The van der Waals surface area contributed by atoms with Gasteiger partial charge in [0.15, 0.2) is 0 Å². The summed E-state index contributed by atoms with van der Waals surface area (Å²) in [4.78, 5) is 0. The van der Waals surface area contributed by atoms with E-state index in [4.69, 9.17) is 5.73 Å². The SMILES string of the molecule is NC1CC2(CC2)C1. The zero-order valence-electron chi connectivity index (χ0n) is 4.48. The Balaban J connectivity index is 1.97. The summed E-state index contributed by atoms with van der Waals surface area (Å²) in [5.41, 5.74) is 6.41. The Bertz CT molecular complexity index is 86.4. The van der Waals surface area contributed by atoms with Gasteiger partial charge in [-0.2, -0.15) is 0 Å². The van der Waals surface area contributed by atoms with Gasteiger partial charge in [0, 0.05) is 6.04 Å². The fourth-order valence-corrected chi connectivity index (χ4v) is 1.64. The maximum Gasteiger partial charge on any atom is 0.00494 e. The van der Waals surface area contributed by atoms with Crippen molar-refractivity contribution >= 4 is 0 Å². The largest absolute Gasteiger partial charge is 0.328 e. The van der Waals surface area contributed by atoms with Gasteiger partial charge in [-0.3, -0.25) is 0 Å². The quantitative estimate of drug-likeness (QED) is 0.477. The van der Waals surface area contributed by atoms with E-state index in [0.717, 1.165) is 5.41 Å². The third kappa shape index (κ3) is 0.418. The Kier molecular flexibility index (Phi) is 0.487. The molecule has 2 rings (SSSR count). The zero-order valence-corrected chi connectivity index (χ0v) is 4.48. The Morgan fingerprint density at radius 2 is 1.86 bits per heavy atom. The monoisotopic (exact) mass is 97.1 g/mol. The minimum absolute atomic E-state index is 0.572. The van der Waals surface area contributed by atoms with Crippen LogP contribution in [0, 0.1) is 5.41 Å². The first kappa shape index (κ1) is 3.90. The Morgan fingerprint density at radius 1 is 1.29 bits per heavy atom. The van der Waals surface area contributed by atoms with Crippen LogP contribution < -0.4 is 5.73 Å². The first-order chi connectivity index (χ1) is 3.31. The van der Waals surface area contributed by atoms with Crippen LogP contribution in [0.25, 0.3) is 0 Å². The van der Waals surface area contributed by atoms with Crippen molar-refractivity contribution in [2.24, 2.45) is 11.1 Å². The molecular formula is C6H11N. The molecule has 1 heteroatoms. The molecule has 0 saturated heterocycles. The highest BCUT2D eigenvalue weighted by Gasteiger charge is 2.51. The summed E-state index contributed by atoms with van der Waals surface area (Å²) in [6, 6.07) is 0.572. The molecule has 0 radical (unpaired) electrons. The van der Waals surface area contributed by atoms with E-state index >= 15 is 0 Å². The lowest BCUT2D eigenvalue weighted by Gasteiger charge is -2.32. The van der Waals surface area contributed by atoms with Gasteiger partial charge in [0.25, 0.3) is 0 Å². The smallest absolute Gasteiger partial charge is 0.00494 e. The van der Waals surface area contributed by atoms with Gasteiger partial charge in [-0.05, 0) is 31.1 Å². The Labute approximate surface area is 43.9 Å². The fraction of sp³-hybridized carbons (Fsp3) is 1.00. The molecule has 0 atom stereocenters. The van der Waals surface area contributed by atoms with Crippen LogP contribution in [0.5, 0.6) is 0 Å². The summed E-state index contributed by atoms with van der Waals surface area (Å²) in [6.07, 6.45) is 5.60. The molecule has 0 bridgehead atoms. The van der Waals surface area contributed by atoms with E-state index in [1.54, 1.807) is 0 Å². The molecular weight excluding hydrogens is 86.1 g/mol. The van der Waals surface area contributed by atoms with Gasteiger partial charge in [0.2, 0.25) is 0 Å². The molecule has 1 spiro atoms. The van der Waals surface area contributed by atoms with Crippen molar-refractivity contribution in [2.45, 2.75) is 31.7 Å². The normalized spacial score (nSPS) is 35.6. The van der Waals surface area contributed by atoms with Crippen molar-refractivity contribution in [3.63, 3.8) is 0 Å². The summed E-state index contributed by atoms with van der Waals surface area (Å²) in [5, 5.41) is 0. The molecule has 0 aromatic carbocycles. The second kappa shape index (κ2) is 0.873. The van der Waals surface area contributed by atoms with Crippen molar-refractivity contribution in [3.8, 4) is 0 Å². The van der Waals surface area contributed by atoms with Crippen LogP contribution in [0.3, 0.4) is 0 Å². The lowest BCUT2D eigenvalue weighted by molar-refractivity contribution is 0.240. The molecule has 2 N–H and O–H groups in total. The van der Waals surface area contributed by atoms with Gasteiger partial charge in [-0.1, -0.05) is 0 Å². The molecule has 2 fully saturated rings. The van der Waals surface area contributed by atoms with E-state index in [1.165, 1.54) is 25.7 Å². The van der Waals surface area contributed by atoms with E-state index in [2.05, 4.69) is 0 Å². The zero-order chi connectivity index (χ0) is 4.91. The second-order valence-corrected chi connectivity index (χ2v) is 3.17. The topological polar surface area (TPSA) is 26.0 Å². The molecule has 1 nitrogen and oxygen atoms in total. The van der Waals surface area contributed by atoms with Crippen LogP contribution >= 0.6 is 0 Å². The predicted octanol–water partition coefficient (Wildman–Crippen LogP) is 0.888. The standard InChI is InChI=1S/C6H11N/c7-5-3-6(4-5)1-2-6/h5H,1-4,7H2. The highest BCUT2D eigenvalue weighted by atomic mass is 14.7. The molecule has 0 heterocycles. The average molecular weight is 97.2 g/mol. The summed E-state index contributed by atoms with van der Waals surface area (Å²) in [5.74, 6) is 0. The summed E-state index contributed by atoms with van der Waals surface area (Å²) in [7, 11) is 0. The summed E-state index contributed by atoms with van der Waals surface area (Å²) >= 11 is 0. The van der Waals surface area contributed by atoms with Crippen LogP contribution in [0.4, 0.5) is 0 Å². The van der Waals surface area contributed by atoms with Crippen LogP contribution in [0.2, 0.25) is 0 Å². The number of nitrogens with two attached hydrogens (primary N) is 1. The molecule has 0 aromatic rings. The van der Waals surface area contributed by atoms with E-state index < -0.39 is 0 Å². The number of hydrogen-bond acceptors (Lipinski definition) is 1. The maximum atomic E-state index is 5.59. The lowest BCUT2D eigenvalue weighted by atomic mass is 9.78. The molecule has 0 amide bonds. The average Bonchev–Trinajstić information content (AvgIpc) is 2.14. The van der Waals surface area contributed by atoms with Gasteiger partial charge in [0.05, 0.1) is 0 Å². The van der Waals surface area contributed by atoms with Crippen molar-refractivity contribution in [1.82, 2.24) is 0 Å². The van der Waals surface area contributed by atoms with Gasteiger partial charge < -0.3 is 5.73 Å². The van der Waals surface area contributed by atoms with Crippen LogP contribution in [-0.2, 0) is 0 Å². The second-order valence-electron chi connectivity index (χ2n) is 3.17. The van der Waals surface area contributed by atoms with Crippen LogP contribution in [0.15, 0.2) is 0 Å². The highest BCUT2D eigenvalue weighted by molar-refractivity contribution is 5.05. The van der Waals surface area contributed by atoms with Crippen molar-refractivity contribution in [2.75, 3.05) is 0 Å². The Morgan fingerprint density at radius 3 is 2.00 bits per heavy atom. The fourth-order valence-electron chi connectivity index (χ4n) is 1.64. The van der Waals surface area contributed by atoms with E-state index in [9.17, 15) is 0 Å². The van der Waals surface area contributed by atoms with E-state index in [0.29, 0.717) is 6.04 Å². The van der Waals surface area contributed by atoms with E-state index in [-0.39, 0.29) is 0 Å². The van der Waals surface area contributed by atoms with Crippen molar-refractivity contribution in [1.29, 1.82) is 0 Å². The van der Waals surface area contributed by atoms with Crippen LogP contribution in [-0.4, -0.2) is 6.04 Å². The Hall–Kier alpha value is -0.0400.